The number of carbonyl (C=O) groups is 2. The van der Waals surface area contributed by atoms with Crippen LogP contribution in [-0.2, 0) is 14.3 Å². The standard InChI is InChI=1S/C11H19ClO3/c1-6-11(4,8(12)13)7-10(2,3)9(14)15-5/h6-7H2,1-5H3. The predicted octanol–water partition coefficient (Wildman–Crippen LogP) is 2.76. The van der Waals surface area contributed by atoms with Crippen molar-refractivity contribution >= 4 is 22.8 Å². The fourth-order valence-corrected chi connectivity index (χ4v) is 1.86. The maximum Gasteiger partial charge on any atom is 0.311 e. The van der Waals surface area contributed by atoms with Crippen molar-refractivity contribution in [3.05, 3.63) is 0 Å². The lowest BCUT2D eigenvalue weighted by atomic mass is 9.73. The molecule has 0 N–H and O–H groups in total. The Bertz CT molecular complexity index is 261. The van der Waals surface area contributed by atoms with Crippen molar-refractivity contribution < 1.29 is 14.3 Å². The zero-order valence-corrected chi connectivity index (χ0v) is 10.8. The van der Waals surface area contributed by atoms with Gasteiger partial charge < -0.3 is 4.74 Å². The van der Waals surface area contributed by atoms with Crippen molar-refractivity contribution in [1.82, 2.24) is 0 Å². The smallest absolute Gasteiger partial charge is 0.311 e. The first-order valence-electron chi connectivity index (χ1n) is 4.98. The summed E-state index contributed by atoms with van der Waals surface area (Å²) in [6, 6.07) is 0. The Labute approximate surface area is 96.1 Å². The van der Waals surface area contributed by atoms with Gasteiger partial charge in [-0.25, -0.2) is 0 Å². The molecule has 0 heterocycles. The highest BCUT2D eigenvalue weighted by Crippen LogP contribution is 2.38. The summed E-state index contributed by atoms with van der Waals surface area (Å²) in [5.74, 6) is -0.319. The number of ether oxygens (including phenoxy) is 1. The number of methoxy groups -OCH3 is 1. The highest BCUT2D eigenvalue weighted by Gasteiger charge is 2.40. The van der Waals surface area contributed by atoms with Gasteiger partial charge in [-0.2, -0.15) is 0 Å². The average molecular weight is 235 g/mol. The van der Waals surface area contributed by atoms with E-state index >= 15 is 0 Å². The molecule has 15 heavy (non-hydrogen) atoms. The lowest BCUT2D eigenvalue weighted by Gasteiger charge is -2.32. The summed E-state index contributed by atoms with van der Waals surface area (Å²) in [5.41, 5.74) is -1.36. The Kier molecular flexibility index (Phi) is 4.78. The molecule has 0 fully saturated rings. The van der Waals surface area contributed by atoms with Gasteiger partial charge in [0.15, 0.2) is 0 Å². The Morgan fingerprint density at radius 1 is 1.27 bits per heavy atom. The highest BCUT2D eigenvalue weighted by atomic mass is 35.5. The van der Waals surface area contributed by atoms with Crippen molar-refractivity contribution in [1.29, 1.82) is 0 Å². The third kappa shape index (κ3) is 3.49. The molecule has 0 spiro atoms. The summed E-state index contributed by atoms with van der Waals surface area (Å²) in [4.78, 5) is 22.8. The number of rotatable bonds is 5. The Balaban J connectivity index is 4.83. The van der Waals surface area contributed by atoms with Crippen molar-refractivity contribution in [2.45, 2.75) is 40.5 Å². The van der Waals surface area contributed by atoms with Gasteiger partial charge in [-0.15, -0.1) is 0 Å². The minimum atomic E-state index is -0.690. The molecule has 0 aliphatic carbocycles. The molecule has 0 aromatic carbocycles. The zero-order valence-electron chi connectivity index (χ0n) is 10.0. The van der Waals surface area contributed by atoms with E-state index in [0.717, 1.165) is 0 Å². The van der Waals surface area contributed by atoms with Crippen molar-refractivity contribution in [2.24, 2.45) is 10.8 Å². The SMILES string of the molecule is CCC(C)(CC(C)(C)C(=O)OC)C(=O)Cl. The van der Waals surface area contributed by atoms with Gasteiger partial charge in [0.2, 0.25) is 5.24 Å². The molecule has 0 radical (unpaired) electrons. The average Bonchev–Trinajstić information content (AvgIpc) is 2.15. The fourth-order valence-electron chi connectivity index (χ4n) is 1.66. The zero-order chi connectivity index (χ0) is 12.3. The van der Waals surface area contributed by atoms with Gasteiger partial charge in [-0.3, -0.25) is 9.59 Å². The molecule has 0 aliphatic rings. The molecule has 3 nitrogen and oxygen atoms in total. The van der Waals surface area contributed by atoms with Crippen molar-refractivity contribution in [3.63, 3.8) is 0 Å². The van der Waals surface area contributed by atoms with Crippen LogP contribution < -0.4 is 0 Å². The van der Waals surface area contributed by atoms with Crippen LogP contribution in [0.1, 0.15) is 40.5 Å². The molecular formula is C11H19ClO3. The first-order chi connectivity index (χ1) is 6.69. The topological polar surface area (TPSA) is 43.4 Å². The van der Waals surface area contributed by atoms with Gasteiger partial charge in [0.25, 0.3) is 0 Å². The van der Waals surface area contributed by atoms with Crippen molar-refractivity contribution in [2.75, 3.05) is 7.11 Å². The maximum absolute atomic E-state index is 11.5. The molecule has 0 aromatic rings. The van der Waals surface area contributed by atoms with Gasteiger partial charge in [-0.05, 0) is 38.3 Å². The van der Waals surface area contributed by atoms with Gasteiger partial charge >= 0.3 is 5.97 Å². The minimum Gasteiger partial charge on any atom is -0.469 e. The van der Waals surface area contributed by atoms with Crippen LogP contribution in [-0.4, -0.2) is 18.3 Å². The first kappa shape index (κ1) is 14.4. The highest BCUT2D eigenvalue weighted by molar-refractivity contribution is 6.64. The van der Waals surface area contributed by atoms with Gasteiger partial charge in [0.05, 0.1) is 12.5 Å². The summed E-state index contributed by atoms with van der Waals surface area (Å²) >= 11 is 5.55. The maximum atomic E-state index is 11.5. The number of carbonyl (C=O) groups excluding carboxylic acids is 2. The van der Waals surface area contributed by atoms with Crippen LogP contribution in [0.5, 0.6) is 0 Å². The molecular weight excluding hydrogens is 216 g/mol. The third-order valence-corrected chi connectivity index (χ3v) is 3.28. The molecule has 0 aromatic heterocycles. The van der Waals surface area contributed by atoms with Crippen LogP contribution in [0.4, 0.5) is 0 Å². The summed E-state index contributed by atoms with van der Waals surface area (Å²) in [7, 11) is 1.34. The number of hydrogen-bond donors (Lipinski definition) is 0. The quantitative estimate of drug-likeness (QED) is 0.543. The monoisotopic (exact) mass is 234 g/mol. The molecule has 1 unspecified atom stereocenters. The molecule has 88 valence electrons. The number of halogens is 1. The summed E-state index contributed by atoms with van der Waals surface area (Å²) in [5, 5.41) is -0.401. The number of esters is 1. The van der Waals surface area contributed by atoms with E-state index in [1.807, 2.05) is 6.92 Å². The molecule has 0 aliphatic heterocycles. The van der Waals surface area contributed by atoms with Crippen LogP contribution in [0.25, 0.3) is 0 Å². The second-order valence-corrected chi connectivity index (χ2v) is 5.08. The summed E-state index contributed by atoms with van der Waals surface area (Å²) < 4.78 is 4.69. The van der Waals surface area contributed by atoms with Crippen LogP contribution >= 0.6 is 11.6 Å². The van der Waals surface area contributed by atoms with Gasteiger partial charge in [0, 0.05) is 5.41 Å². The molecule has 1 atom stereocenters. The normalized spacial score (nSPS) is 15.6. The van der Waals surface area contributed by atoms with E-state index in [4.69, 9.17) is 16.3 Å². The predicted molar refractivity (Wildman–Crippen MR) is 59.7 cm³/mol. The Morgan fingerprint density at radius 3 is 2.00 bits per heavy atom. The fraction of sp³-hybridized carbons (Fsp3) is 0.818. The third-order valence-electron chi connectivity index (χ3n) is 2.82. The van der Waals surface area contributed by atoms with Crippen molar-refractivity contribution in [3.8, 4) is 0 Å². The molecule has 0 saturated heterocycles. The lowest BCUT2D eigenvalue weighted by Crippen LogP contribution is -2.35. The van der Waals surface area contributed by atoms with E-state index in [0.29, 0.717) is 12.8 Å². The second-order valence-electron chi connectivity index (χ2n) is 4.74. The molecule has 0 bridgehead atoms. The molecule has 0 saturated carbocycles. The van der Waals surface area contributed by atoms with Gasteiger partial charge in [0.1, 0.15) is 0 Å². The largest absolute Gasteiger partial charge is 0.469 e. The second kappa shape index (κ2) is 4.97. The molecule has 4 heteroatoms. The molecule has 0 amide bonds. The van der Waals surface area contributed by atoms with Crippen LogP contribution in [0.15, 0.2) is 0 Å². The lowest BCUT2D eigenvalue weighted by molar-refractivity contribution is -0.153. The van der Waals surface area contributed by atoms with Crippen LogP contribution in [0.3, 0.4) is 0 Å². The Morgan fingerprint density at radius 2 is 1.73 bits per heavy atom. The summed E-state index contributed by atoms with van der Waals surface area (Å²) in [6.07, 6.45) is 1.00. The van der Waals surface area contributed by atoms with Crippen LogP contribution in [0.2, 0.25) is 0 Å². The van der Waals surface area contributed by atoms with E-state index in [1.54, 1.807) is 20.8 Å². The summed E-state index contributed by atoms with van der Waals surface area (Å²) in [6.45, 7) is 7.17. The molecule has 0 rings (SSSR count). The van der Waals surface area contributed by atoms with Crippen LogP contribution in [0, 0.1) is 10.8 Å². The first-order valence-corrected chi connectivity index (χ1v) is 5.36. The number of hydrogen-bond acceptors (Lipinski definition) is 3. The van der Waals surface area contributed by atoms with Gasteiger partial charge in [-0.1, -0.05) is 13.8 Å². The van der Waals surface area contributed by atoms with E-state index in [1.165, 1.54) is 7.11 Å². The Hall–Kier alpha value is -0.570. The minimum absolute atomic E-state index is 0.319. The van der Waals surface area contributed by atoms with E-state index in [-0.39, 0.29) is 5.97 Å². The van der Waals surface area contributed by atoms with E-state index in [9.17, 15) is 9.59 Å². The van der Waals surface area contributed by atoms with E-state index < -0.39 is 16.1 Å². The van der Waals surface area contributed by atoms with E-state index in [2.05, 4.69) is 0 Å².